The first-order valence-electron chi connectivity index (χ1n) is 7.54. The molecule has 0 bridgehead atoms. The van der Waals surface area contributed by atoms with Gasteiger partial charge >= 0.3 is 0 Å². The molecule has 0 spiro atoms. The number of hydrogen-bond donors (Lipinski definition) is 0. The van der Waals surface area contributed by atoms with Gasteiger partial charge in [-0.25, -0.2) is 4.98 Å². The molecule has 0 N–H and O–H groups in total. The summed E-state index contributed by atoms with van der Waals surface area (Å²) in [6.07, 6.45) is 0. The number of nitrogens with zero attached hydrogens (tertiary/aromatic N) is 4. The van der Waals surface area contributed by atoms with E-state index in [4.69, 9.17) is 4.74 Å². The molecular weight excluding hydrogens is 292 g/mol. The van der Waals surface area contributed by atoms with Gasteiger partial charge in [0.05, 0.1) is 5.52 Å². The summed E-state index contributed by atoms with van der Waals surface area (Å²) in [7, 11) is 1.53. The van der Waals surface area contributed by atoms with Crippen LogP contribution in [-0.4, -0.2) is 55.7 Å². The van der Waals surface area contributed by atoms with Crippen LogP contribution in [0.15, 0.2) is 30.3 Å². The van der Waals surface area contributed by atoms with Crippen molar-refractivity contribution in [3.63, 3.8) is 0 Å². The fraction of sp³-hybridized carbons (Fsp3) is 0.353. The standard InChI is InChI=1S/C17H18N4O2/c1-23-12-17(22)21-8-6-20(7-9-21)16-10-13(11-18)19-15-5-3-2-4-14(15)16/h2-5,10H,6-9,12H2,1H3. The second-order valence-corrected chi connectivity index (χ2v) is 5.46. The average molecular weight is 310 g/mol. The maximum Gasteiger partial charge on any atom is 0.248 e. The van der Waals surface area contributed by atoms with E-state index in [0.29, 0.717) is 18.8 Å². The van der Waals surface area contributed by atoms with Crippen molar-refractivity contribution in [2.24, 2.45) is 0 Å². The van der Waals surface area contributed by atoms with Gasteiger partial charge in [0.2, 0.25) is 5.91 Å². The van der Waals surface area contributed by atoms with Gasteiger partial charge in [-0.05, 0) is 12.1 Å². The summed E-state index contributed by atoms with van der Waals surface area (Å²) in [6, 6.07) is 11.8. The van der Waals surface area contributed by atoms with Crippen LogP contribution in [0.5, 0.6) is 0 Å². The number of methoxy groups -OCH3 is 1. The van der Waals surface area contributed by atoms with E-state index in [9.17, 15) is 10.1 Å². The molecule has 1 aromatic heterocycles. The highest BCUT2D eigenvalue weighted by atomic mass is 16.5. The highest BCUT2D eigenvalue weighted by Crippen LogP contribution is 2.27. The molecule has 1 aromatic carbocycles. The van der Waals surface area contributed by atoms with E-state index >= 15 is 0 Å². The minimum atomic E-state index is 0.0180. The molecule has 0 saturated carbocycles. The van der Waals surface area contributed by atoms with E-state index in [0.717, 1.165) is 29.7 Å². The highest BCUT2D eigenvalue weighted by molar-refractivity contribution is 5.92. The monoisotopic (exact) mass is 310 g/mol. The number of amides is 1. The van der Waals surface area contributed by atoms with Gasteiger partial charge in [0.25, 0.3) is 0 Å². The molecule has 0 atom stereocenters. The van der Waals surface area contributed by atoms with Gasteiger partial charge in [0.15, 0.2) is 0 Å². The van der Waals surface area contributed by atoms with Gasteiger partial charge in [-0.2, -0.15) is 5.26 Å². The summed E-state index contributed by atoms with van der Waals surface area (Å²) in [4.78, 5) is 20.3. The molecule has 0 aliphatic carbocycles. The predicted octanol–water partition coefficient (Wildman–Crippen LogP) is 1.40. The first kappa shape index (κ1) is 15.3. The van der Waals surface area contributed by atoms with E-state index in [1.807, 2.05) is 35.2 Å². The zero-order valence-electron chi connectivity index (χ0n) is 13.0. The van der Waals surface area contributed by atoms with Gasteiger partial charge in [-0.3, -0.25) is 4.79 Å². The molecular formula is C17H18N4O2. The van der Waals surface area contributed by atoms with E-state index in [1.165, 1.54) is 7.11 Å². The minimum absolute atomic E-state index is 0.0180. The van der Waals surface area contributed by atoms with Crippen molar-refractivity contribution >= 4 is 22.5 Å². The number of aromatic nitrogens is 1. The molecule has 2 heterocycles. The van der Waals surface area contributed by atoms with Crippen molar-refractivity contribution in [3.05, 3.63) is 36.0 Å². The molecule has 6 heteroatoms. The summed E-state index contributed by atoms with van der Waals surface area (Å²) in [6.45, 7) is 2.89. The molecule has 2 aromatic rings. The normalized spacial score (nSPS) is 14.8. The van der Waals surface area contributed by atoms with Crippen LogP contribution in [0.2, 0.25) is 0 Å². The summed E-state index contributed by atoms with van der Waals surface area (Å²) >= 11 is 0. The maximum atomic E-state index is 11.9. The largest absolute Gasteiger partial charge is 0.375 e. The Morgan fingerprint density at radius 2 is 2.04 bits per heavy atom. The SMILES string of the molecule is COCC(=O)N1CCN(c2cc(C#N)nc3ccccc23)CC1. The Labute approximate surface area is 134 Å². The molecule has 1 amide bonds. The predicted molar refractivity (Wildman–Crippen MR) is 87.1 cm³/mol. The number of hydrogen-bond acceptors (Lipinski definition) is 5. The number of benzene rings is 1. The number of pyridine rings is 1. The van der Waals surface area contributed by atoms with Crippen LogP contribution in [0.3, 0.4) is 0 Å². The van der Waals surface area contributed by atoms with Crippen molar-refractivity contribution in [2.45, 2.75) is 0 Å². The molecule has 6 nitrogen and oxygen atoms in total. The third-order valence-electron chi connectivity index (χ3n) is 4.05. The lowest BCUT2D eigenvalue weighted by molar-refractivity contribution is -0.135. The Hall–Kier alpha value is -2.65. The molecule has 1 fully saturated rings. The van der Waals surface area contributed by atoms with Crippen LogP contribution < -0.4 is 4.90 Å². The first-order valence-corrected chi connectivity index (χ1v) is 7.54. The lowest BCUT2D eigenvalue weighted by Gasteiger charge is -2.36. The average Bonchev–Trinajstić information content (AvgIpc) is 2.61. The molecule has 23 heavy (non-hydrogen) atoms. The number of rotatable bonds is 3. The molecule has 0 unspecified atom stereocenters. The Bertz CT molecular complexity index is 761. The number of para-hydroxylation sites is 1. The Kier molecular flexibility index (Phi) is 4.40. The number of carbonyl (C=O) groups is 1. The summed E-state index contributed by atoms with van der Waals surface area (Å²) < 4.78 is 4.91. The van der Waals surface area contributed by atoms with Crippen molar-refractivity contribution < 1.29 is 9.53 Å². The molecule has 1 aliphatic rings. The topological polar surface area (TPSA) is 69.5 Å². The zero-order valence-corrected chi connectivity index (χ0v) is 13.0. The number of nitriles is 1. The van der Waals surface area contributed by atoms with Crippen LogP contribution in [0.25, 0.3) is 10.9 Å². The molecule has 1 aliphatic heterocycles. The lowest BCUT2D eigenvalue weighted by atomic mass is 10.1. The van der Waals surface area contributed by atoms with Crippen LogP contribution in [0, 0.1) is 11.3 Å². The smallest absolute Gasteiger partial charge is 0.248 e. The number of anilines is 1. The van der Waals surface area contributed by atoms with E-state index in [2.05, 4.69) is 16.0 Å². The fourth-order valence-corrected chi connectivity index (χ4v) is 2.89. The van der Waals surface area contributed by atoms with Crippen molar-refractivity contribution in [3.8, 4) is 6.07 Å². The van der Waals surface area contributed by atoms with Gasteiger partial charge < -0.3 is 14.5 Å². The fourth-order valence-electron chi connectivity index (χ4n) is 2.89. The van der Waals surface area contributed by atoms with Crippen molar-refractivity contribution in [2.75, 3.05) is 44.8 Å². The minimum Gasteiger partial charge on any atom is -0.375 e. The first-order chi connectivity index (χ1) is 11.2. The third kappa shape index (κ3) is 3.10. The van der Waals surface area contributed by atoms with Crippen LogP contribution in [0.4, 0.5) is 5.69 Å². The molecule has 1 saturated heterocycles. The molecule has 3 rings (SSSR count). The lowest BCUT2D eigenvalue weighted by Crippen LogP contribution is -2.49. The second kappa shape index (κ2) is 6.63. The quantitative estimate of drug-likeness (QED) is 0.857. The van der Waals surface area contributed by atoms with E-state index in [1.54, 1.807) is 0 Å². The van der Waals surface area contributed by atoms with Gasteiger partial charge in [0, 0.05) is 44.4 Å². The Morgan fingerprint density at radius 3 is 2.74 bits per heavy atom. The van der Waals surface area contributed by atoms with Crippen molar-refractivity contribution in [1.82, 2.24) is 9.88 Å². The van der Waals surface area contributed by atoms with Crippen LogP contribution in [-0.2, 0) is 9.53 Å². The summed E-state index contributed by atoms with van der Waals surface area (Å²) in [5.74, 6) is 0.0180. The van der Waals surface area contributed by atoms with Crippen LogP contribution >= 0.6 is 0 Å². The number of carbonyl (C=O) groups excluding carboxylic acids is 1. The van der Waals surface area contributed by atoms with Crippen molar-refractivity contribution in [1.29, 1.82) is 5.26 Å². The number of ether oxygens (including phenoxy) is 1. The highest BCUT2D eigenvalue weighted by Gasteiger charge is 2.22. The maximum absolute atomic E-state index is 11.9. The van der Waals surface area contributed by atoms with Gasteiger partial charge in [0.1, 0.15) is 18.4 Å². The van der Waals surface area contributed by atoms with Crippen LogP contribution in [0.1, 0.15) is 5.69 Å². The van der Waals surface area contributed by atoms with E-state index in [-0.39, 0.29) is 12.5 Å². The zero-order chi connectivity index (χ0) is 16.2. The number of fused-ring (bicyclic) bond motifs is 1. The second-order valence-electron chi connectivity index (χ2n) is 5.46. The van der Waals surface area contributed by atoms with E-state index < -0.39 is 0 Å². The summed E-state index contributed by atoms with van der Waals surface area (Å²) in [5.41, 5.74) is 2.24. The third-order valence-corrected chi connectivity index (χ3v) is 4.05. The molecule has 118 valence electrons. The molecule has 0 radical (unpaired) electrons. The Morgan fingerprint density at radius 1 is 1.30 bits per heavy atom. The van der Waals surface area contributed by atoms with Gasteiger partial charge in [-0.1, -0.05) is 18.2 Å². The summed E-state index contributed by atoms with van der Waals surface area (Å²) in [5, 5.41) is 10.2. The Balaban J connectivity index is 1.85. The number of piperazine rings is 1. The van der Waals surface area contributed by atoms with Gasteiger partial charge in [-0.15, -0.1) is 0 Å².